The predicted molar refractivity (Wildman–Crippen MR) is 124 cm³/mol. The molecule has 7 heteroatoms. The third-order valence-corrected chi connectivity index (χ3v) is 5.22. The maximum Gasteiger partial charge on any atom is 0.246 e. The Kier molecular flexibility index (Phi) is 7.29. The molecule has 0 saturated carbocycles. The SMILES string of the molecule is COc1ccc(-c2nn(-c3ccccc3)cc2/C=C/C(=O)N(C)C(C)CC#N)cc1OC. The van der Waals surface area contributed by atoms with Crippen LogP contribution >= 0.6 is 0 Å². The molecule has 1 heterocycles. The number of hydrogen-bond donors (Lipinski definition) is 0. The van der Waals surface area contributed by atoms with Crippen molar-refractivity contribution in [2.75, 3.05) is 21.3 Å². The summed E-state index contributed by atoms with van der Waals surface area (Å²) in [6.07, 6.45) is 5.41. The quantitative estimate of drug-likeness (QED) is 0.497. The summed E-state index contributed by atoms with van der Waals surface area (Å²) >= 11 is 0. The Hall–Kier alpha value is -4.05. The Morgan fingerprint density at radius 3 is 2.56 bits per heavy atom. The number of ether oxygens (including phenoxy) is 2. The Labute approximate surface area is 188 Å². The van der Waals surface area contributed by atoms with E-state index in [2.05, 4.69) is 6.07 Å². The number of carbonyl (C=O) groups excluding carboxylic acids is 1. The maximum atomic E-state index is 12.6. The number of hydrogen-bond acceptors (Lipinski definition) is 5. The van der Waals surface area contributed by atoms with E-state index in [-0.39, 0.29) is 18.4 Å². The highest BCUT2D eigenvalue weighted by Gasteiger charge is 2.16. The second kappa shape index (κ2) is 10.3. The van der Waals surface area contributed by atoms with E-state index in [1.54, 1.807) is 36.9 Å². The number of methoxy groups -OCH3 is 2. The molecule has 1 atom stereocenters. The number of likely N-dealkylation sites (N-methyl/N-ethyl adjacent to an activating group) is 1. The first-order valence-corrected chi connectivity index (χ1v) is 10.2. The van der Waals surface area contributed by atoms with Crippen LogP contribution in [0.25, 0.3) is 23.0 Å². The summed E-state index contributed by atoms with van der Waals surface area (Å²) in [6.45, 7) is 1.84. The van der Waals surface area contributed by atoms with Crippen molar-refractivity contribution in [3.8, 4) is 34.5 Å². The lowest BCUT2D eigenvalue weighted by atomic mass is 10.1. The molecule has 0 saturated heterocycles. The number of aromatic nitrogens is 2. The van der Waals surface area contributed by atoms with Crippen molar-refractivity contribution in [1.29, 1.82) is 5.26 Å². The summed E-state index contributed by atoms with van der Waals surface area (Å²) in [5, 5.41) is 13.7. The van der Waals surface area contributed by atoms with E-state index in [0.29, 0.717) is 17.2 Å². The lowest BCUT2D eigenvalue weighted by Crippen LogP contribution is -2.33. The van der Waals surface area contributed by atoms with Gasteiger partial charge in [0.15, 0.2) is 11.5 Å². The summed E-state index contributed by atoms with van der Waals surface area (Å²) in [5.74, 6) is 1.04. The van der Waals surface area contributed by atoms with Gasteiger partial charge in [0.25, 0.3) is 0 Å². The van der Waals surface area contributed by atoms with Crippen LogP contribution in [0.5, 0.6) is 11.5 Å². The Bertz CT molecular complexity index is 1150. The van der Waals surface area contributed by atoms with Crippen LogP contribution < -0.4 is 9.47 Å². The van der Waals surface area contributed by atoms with Crippen LogP contribution in [0.15, 0.2) is 60.8 Å². The Morgan fingerprint density at radius 1 is 1.19 bits per heavy atom. The highest BCUT2D eigenvalue weighted by atomic mass is 16.5. The van der Waals surface area contributed by atoms with E-state index in [1.165, 1.54) is 6.08 Å². The van der Waals surface area contributed by atoms with Crippen LogP contribution in [0.3, 0.4) is 0 Å². The summed E-state index contributed by atoms with van der Waals surface area (Å²) in [7, 11) is 4.87. The molecule has 0 spiro atoms. The van der Waals surface area contributed by atoms with Crippen LogP contribution in [0, 0.1) is 11.3 Å². The summed E-state index contributed by atoms with van der Waals surface area (Å²) in [4.78, 5) is 14.2. The lowest BCUT2D eigenvalue weighted by molar-refractivity contribution is -0.126. The van der Waals surface area contributed by atoms with E-state index < -0.39 is 0 Å². The fraction of sp³-hybridized carbons (Fsp3) is 0.240. The van der Waals surface area contributed by atoms with Gasteiger partial charge < -0.3 is 14.4 Å². The second-order valence-corrected chi connectivity index (χ2v) is 7.28. The Balaban J connectivity index is 2.02. The zero-order chi connectivity index (χ0) is 23.1. The summed E-state index contributed by atoms with van der Waals surface area (Å²) in [5.41, 5.74) is 3.21. The second-order valence-electron chi connectivity index (χ2n) is 7.28. The first kappa shape index (κ1) is 22.6. The van der Waals surface area contributed by atoms with Gasteiger partial charge >= 0.3 is 0 Å². The van der Waals surface area contributed by atoms with E-state index in [4.69, 9.17) is 19.8 Å². The number of para-hydroxylation sites is 1. The Morgan fingerprint density at radius 2 is 1.91 bits per heavy atom. The standard InChI is InChI=1S/C25H26N4O3/c1-18(14-15-26)28(2)24(30)13-11-20-17-29(21-8-6-5-7-9-21)27-25(20)19-10-12-22(31-3)23(16-19)32-4/h5-13,16-18H,14H2,1-4H3/b13-11+. The number of carbonyl (C=O) groups is 1. The van der Waals surface area contributed by atoms with E-state index in [9.17, 15) is 4.79 Å². The number of nitrogens with zero attached hydrogens (tertiary/aromatic N) is 4. The minimum Gasteiger partial charge on any atom is -0.493 e. The van der Waals surface area contributed by atoms with Gasteiger partial charge in [-0.2, -0.15) is 10.4 Å². The van der Waals surface area contributed by atoms with Crippen molar-refractivity contribution in [2.24, 2.45) is 0 Å². The predicted octanol–water partition coefficient (Wildman–Crippen LogP) is 4.33. The molecule has 0 aliphatic heterocycles. The molecule has 0 aliphatic carbocycles. The fourth-order valence-corrected chi connectivity index (χ4v) is 3.20. The molecular weight excluding hydrogens is 404 g/mol. The molecule has 0 aliphatic rings. The van der Waals surface area contributed by atoms with Crippen LogP contribution in [0.1, 0.15) is 18.9 Å². The first-order chi connectivity index (χ1) is 15.5. The molecule has 0 bridgehead atoms. The number of rotatable bonds is 8. The van der Waals surface area contributed by atoms with Crippen molar-refractivity contribution in [1.82, 2.24) is 14.7 Å². The van der Waals surface area contributed by atoms with Gasteiger partial charge in [-0.25, -0.2) is 4.68 Å². The smallest absolute Gasteiger partial charge is 0.246 e. The van der Waals surface area contributed by atoms with Crippen LogP contribution in [-0.2, 0) is 4.79 Å². The zero-order valence-electron chi connectivity index (χ0n) is 18.6. The van der Waals surface area contributed by atoms with Crippen molar-refractivity contribution in [2.45, 2.75) is 19.4 Å². The largest absolute Gasteiger partial charge is 0.493 e. The average Bonchev–Trinajstić information content (AvgIpc) is 3.26. The third-order valence-electron chi connectivity index (χ3n) is 5.22. The van der Waals surface area contributed by atoms with Crippen LogP contribution in [-0.4, -0.2) is 47.9 Å². The number of benzene rings is 2. The van der Waals surface area contributed by atoms with Crippen molar-refractivity contribution in [3.63, 3.8) is 0 Å². The maximum absolute atomic E-state index is 12.6. The molecule has 1 unspecified atom stereocenters. The molecule has 164 valence electrons. The minimum absolute atomic E-state index is 0.172. The third kappa shape index (κ3) is 4.98. The van der Waals surface area contributed by atoms with E-state index in [1.807, 2.05) is 61.7 Å². The summed E-state index contributed by atoms with van der Waals surface area (Å²) in [6, 6.07) is 17.3. The van der Waals surface area contributed by atoms with Gasteiger partial charge in [-0.3, -0.25) is 4.79 Å². The van der Waals surface area contributed by atoms with Gasteiger partial charge in [0.2, 0.25) is 5.91 Å². The molecular formula is C25H26N4O3. The van der Waals surface area contributed by atoms with Gasteiger partial charge in [0.05, 0.1) is 32.4 Å². The highest BCUT2D eigenvalue weighted by Crippen LogP contribution is 2.33. The molecule has 32 heavy (non-hydrogen) atoms. The number of nitriles is 1. The summed E-state index contributed by atoms with van der Waals surface area (Å²) < 4.78 is 12.6. The molecule has 3 aromatic rings. The molecule has 1 amide bonds. The molecule has 7 nitrogen and oxygen atoms in total. The molecule has 0 radical (unpaired) electrons. The van der Waals surface area contributed by atoms with Gasteiger partial charge in [-0.1, -0.05) is 18.2 Å². The van der Waals surface area contributed by atoms with E-state index >= 15 is 0 Å². The lowest BCUT2D eigenvalue weighted by Gasteiger charge is -2.21. The topological polar surface area (TPSA) is 80.4 Å². The first-order valence-electron chi connectivity index (χ1n) is 10.2. The van der Waals surface area contributed by atoms with Gasteiger partial charge in [0, 0.05) is 36.5 Å². The highest BCUT2D eigenvalue weighted by molar-refractivity contribution is 5.93. The van der Waals surface area contributed by atoms with Gasteiger partial charge in [-0.15, -0.1) is 0 Å². The fourth-order valence-electron chi connectivity index (χ4n) is 3.20. The van der Waals surface area contributed by atoms with E-state index in [0.717, 1.165) is 16.8 Å². The van der Waals surface area contributed by atoms with Gasteiger partial charge in [0.1, 0.15) is 5.69 Å². The molecule has 0 fully saturated rings. The van der Waals surface area contributed by atoms with Crippen molar-refractivity contribution >= 4 is 12.0 Å². The normalized spacial score (nSPS) is 11.7. The van der Waals surface area contributed by atoms with Crippen molar-refractivity contribution in [3.05, 3.63) is 66.4 Å². The molecule has 2 aromatic carbocycles. The number of amides is 1. The average molecular weight is 431 g/mol. The van der Waals surface area contributed by atoms with Gasteiger partial charge in [-0.05, 0) is 43.3 Å². The molecule has 0 N–H and O–H groups in total. The van der Waals surface area contributed by atoms with Crippen molar-refractivity contribution < 1.29 is 14.3 Å². The molecule has 1 aromatic heterocycles. The monoisotopic (exact) mass is 430 g/mol. The molecule has 3 rings (SSSR count). The zero-order valence-corrected chi connectivity index (χ0v) is 18.6. The minimum atomic E-state index is -0.182. The van der Waals surface area contributed by atoms with Crippen LogP contribution in [0.2, 0.25) is 0 Å². The van der Waals surface area contributed by atoms with Crippen LogP contribution in [0.4, 0.5) is 0 Å².